The first-order chi connectivity index (χ1) is 12.0. The second-order valence-corrected chi connectivity index (χ2v) is 8.28. The predicted octanol–water partition coefficient (Wildman–Crippen LogP) is 1.88. The molecule has 2 aliphatic rings. The first-order valence-electron chi connectivity index (χ1n) is 8.65. The molecule has 6 nitrogen and oxygen atoms in total. The highest BCUT2D eigenvalue weighted by molar-refractivity contribution is 8.01. The average Bonchev–Trinajstić information content (AvgIpc) is 2.99. The van der Waals surface area contributed by atoms with Crippen LogP contribution in [0.25, 0.3) is 0 Å². The third kappa shape index (κ3) is 3.99. The van der Waals surface area contributed by atoms with E-state index in [0.717, 1.165) is 37.7 Å². The molecule has 0 bridgehead atoms. The molecule has 3 rings (SSSR count). The summed E-state index contributed by atoms with van der Waals surface area (Å²) in [4.78, 5) is 24.0. The lowest BCUT2D eigenvalue weighted by Gasteiger charge is -2.36. The van der Waals surface area contributed by atoms with E-state index in [1.165, 1.54) is 11.8 Å². The number of hydrogen-bond donors (Lipinski definition) is 3. The number of carbonyl (C=O) groups excluding carboxylic acids is 1. The van der Waals surface area contributed by atoms with Gasteiger partial charge < -0.3 is 15.6 Å². The standard InChI is InChI=1S/C18H24N2O4S/c19-13(16(21)22)15-20-14(18(25-15)9-5-2-6-10-18)17(23)24-11-12-7-3-1-4-8-12/h1,3-4,7-8,13-15,20H,2,5-6,9-11,19H2,(H,21,22). The van der Waals surface area contributed by atoms with Crippen LogP contribution in [0, 0.1) is 0 Å². The van der Waals surface area contributed by atoms with Gasteiger partial charge in [0, 0.05) is 4.75 Å². The number of rotatable bonds is 5. The molecule has 1 aliphatic heterocycles. The van der Waals surface area contributed by atoms with E-state index in [2.05, 4.69) is 5.32 Å². The summed E-state index contributed by atoms with van der Waals surface area (Å²) in [7, 11) is 0. The second kappa shape index (κ2) is 7.76. The Hall–Kier alpha value is -1.57. The van der Waals surface area contributed by atoms with Gasteiger partial charge in [0.25, 0.3) is 0 Å². The minimum absolute atomic E-state index is 0.217. The van der Waals surface area contributed by atoms with E-state index in [1.54, 1.807) is 0 Å². The molecule has 4 N–H and O–H groups in total. The Morgan fingerprint density at radius 3 is 2.60 bits per heavy atom. The Bertz CT molecular complexity index is 619. The minimum atomic E-state index is -1.06. The van der Waals surface area contributed by atoms with Crippen molar-refractivity contribution in [3.63, 3.8) is 0 Å². The molecule has 0 amide bonds. The Labute approximate surface area is 151 Å². The molecule has 2 fully saturated rings. The molecule has 1 aliphatic carbocycles. The third-order valence-electron chi connectivity index (χ3n) is 4.99. The van der Waals surface area contributed by atoms with Crippen LogP contribution in [0.4, 0.5) is 0 Å². The summed E-state index contributed by atoms with van der Waals surface area (Å²) >= 11 is 1.51. The molecule has 0 radical (unpaired) electrons. The van der Waals surface area contributed by atoms with Gasteiger partial charge in [-0.2, -0.15) is 0 Å². The Balaban J connectivity index is 1.71. The summed E-state index contributed by atoms with van der Waals surface area (Å²) < 4.78 is 5.21. The molecule has 25 heavy (non-hydrogen) atoms. The number of aliphatic carboxylic acids is 1. The number of thioether (sulfide) groups is 1. The third-order valence-corrected chi connectivity index (χ3v) is 6.79. The fourth-order valence-electron chi connectivity index (χ4n) is 3.63. The van der Waals surface area contributed by atoms with Crippen LogP contribution in [-0.2, 0) is 20.9 Å². The van der Waals surface area contributed by atoms with Crippen molar-refractivity contribution in [1.82, 2.24) is 5.32 Å². The number of esters is 1. The fourth-order valence-corrected chi connectivity index (χ4v) is 5.43. The van der Waals surface area contributed by atoms with Crippen molar-refractivity contribution in [1.29, 1.82) is 0 Å². The highest BCUT2D eigenvalue weighted by atomic mass is 32.2. The predicted molar refractivity (Wildman–Crippen MR) is 96.0 cm³/mol. The molecule has 1 aromatic rings. The normalized spacial score (nSPS) is 26.3. The Kier molecular flexibility index (Phi) is 5.66. The van der Waals surface area contributed by atoms with E-state index in [-0.39, 0.29) is 17.3 Å². The number of ether oxygens (including phenoxy) is 1. The molecule has 136 valence electrons. The number of hydrogen-bond acceptors (Lipinski definition) is 6. The van der Waals surface area contributed by atoms with Gasteiger partial charge in [0.15, 0.2) is 0 Å². The largest absolute Gasteiger partial charge is 0.480 e. The molecular weight excluding hydrogens is 340 g/mol. The van der Waals surface area contributed by atoms with E-state index in [4.69, 9.17) is 10.5 Å². The highest BCUT2D eigenvalue weighted by Gasteiger charge is 2.54. The fraction of sp³-hybridized carbons (Fsp3) is 0.556. The van der Waals surface area contributed by atoms with Gasteiger partial charge in [-0.15, -0.1) is 11.8 Å². The van der Waals surface area contributed by atoms with Crippen molar-refractivity contribution < 1.29 is 19.4 Å². The lowest BCUT2D eigenvalue weighted by molar-refractivity contribution is -0.149. The molecule has 1 spiro atoms. The van der Waals surface area contributed by atoms with Gasteiger partial charge in [-0.05, 0) is 18.4 Å². The molecular formula is C18H24N2O4S. The Morgan fingerprint density at radius 2 is 1.96 bits per heavy atom. The van der Waals surface area contributed by atoms with Crippen LogP contribution in [0.5, 0.6) is 0 Å². The Morgan fingerprint density at radius 1 is 1.28 bits per heavy atom. The van der Waals surface area contributed by atoms with Crippen LogP contribution >= 0.6 is 11.8 Å². The molecule has 7 heteroatoms. The highest BCUT2D eigenvalue weighted by Crippen LogP contribution is 2.49. The molecule has 3 unspecified atom stereocenters. The topological polar surface area (TPSA) is 102 Å². The van der Waals surface area contributed by atoms with Gasteiger partial charge >= 0.3 is 11.9 Å². The van der Waals surface area contributed by atoms with Gasteiger partial charge in [-0.1, -0.05) is 49.6 Å². The van der Waals surface area contributed by atoms with Crippen molar-refractivity contribution in [2.45, 2.75) is 60.9 Å². The maximum Gasteiger partial charge on any atom is 0.324 e. The van der Waals surface area contributed by atoms with E-state index in [1.807, 2.05) is 30.3 Å². The van der Waals surface area contributed by atoms with Crippen LogP contribution in [0.15, 0.2) is 30.3 Å². The first kappa shape index (κ1) is 18.2. The average molecular weight is 364 g/mol. The molecule has 1 saturated heterocycles. The first-order valence-corrected chi connectivity index (χ1v) is 9.53. The number of carboxylic acid groups (broad SMARTS) is 1. The summed E-state index contributed by atoms with van der Waals surface area (Å²) in [5.41, 5.74) is 6.73. The quantitative estimate of drug-likeness (QED) is 0.686. The van der Waals surface area contributed by atoms with Crippen molar-refractivity contribution in [3.05, 3.63) is 35.9 Å². The van der Waals surface area contributed by atoms with Crippen LogP contribution in [-0.4, -0.2) is 39.2 Å². The molecule has 1 heterocycles. The zero-order chi connectivity index (χ0) is 17.9. The van der Waals surface area contributed by atoms with E-state index in [0.29, 0.717) is 0 Å². The number of nitrogens with two attached hydrogens (primary N) is 1. The zero-order valence-electron chi connectivity index (χ0n) is 14.0. The maximum atomic E-state index is 12.7. The number of carboxylic acids is 1. The van der Waals surface area contributed by atoms with Crippen molar-refractivity contribution >= 4 is 23.7 Å². The second-order valence-electron chi connectivity index (χ2n) is 6.72. The van der Waals surface area contributed by atoms with Gasteiger partial charge in [0.2, 0.25) is 0 Å². The SMILES string of the molecule is NC(C(=O)O)C1NC(C(=O)OCc2ccccc2)C2(CCCCC2)S1. The number of benzene rings is 1. The summed E-state index contributed by atoms with van der Waals surface area (Å²) in [5.74, 6) is -1.38. The van der Waals surface area contributed by atoms with Gasteiger partial charge in [0.05, 0.1) is 5.37 Å². The monoisotopic (exact) mass is 364 g/mol. The molecule has 1 aromatic carbocycles. The summed E-state index contributed by atoms with van der Waals surface area (Å²) in [6.07, 6.45) is 4.96. The molecule has 1 saturated carbocycles. The molecule has 3 atom stereocenters. The lowest BCUT2D eigenvalue weighted by atomic mass is 9.83. The number of carbonyl (C=O) groups is 2. The summed E-state index contributed by atoms with van der Waals surface area (Å²) in [6, 6.07) is 7.96. The van der Waals surface area contributed by atoms with E-state index in [9.17, 15) is 14.7 Å². The van der Waals surface area contributed by atoms with Crippen LogP contribution in [0.2, 0.25) is 0 Å². The maximum absolute atomic E-state index is 12.7. The van der Waals surface area contributed by atoms with Gasteiger partial charge in [0.1, 0.15) is 18.7 Å². The summed E-state index contributed by atoms with van der Waals surface area (Å²) in [5, 5.41) is 11.9. The van der Waals surface area contributed by atoms with E-state index >= 15 is 0 Å². The van der Waals surface area contributed by atoms with E-state index < -0.39 is 23.4 Å². The van der Waals surface area contributed by atoms with Crippen LogP contribution in [0.3, 0.4) is 0 Å². The van der Waals surface area contributed by atoms with Crippen molar-refractivity contribution in [2.24, 2.45) is 5.73 Å². The van der Waals surface area contributed by atoms with Crippen molar-refractivity contribution in [2.75, 3.05) is 0 Å². The number of nitrogens with one attached hydrogen (secondary N) is 1. The van der Waals surface area contributed by atoms with Crippen LogP contribution in [0.1, 0.15) is 37.7 Å². The zero-order valence-corrected chi connectivity index (χ0v) is 14.8. The minimum Gasteiger partial charge on any atom is -0.480 e. The van der Waals surface area contributed by atoms with Gasteiger partial charge in [-0.3, -0.25) is 14.9 Å². The van der Waals surface area contributed by atoms with Crippen LogP contribution < -0.4 is 11.1 Å². The lowest BCUT2D eigenvalue weighted by Crippen LogP contribution is -2.52. The summed E-state index contributed by atoms with van der Waals surface area (Å²) in [6.45, 7) is 0.217. The smallest absolute Gasteiger partial charge is 0.324 e. The van der Waals surface area contributed by atoms with Crippen molar-refractivity contribution in [3.8, 4) is 0 Å². The van der Waals surface area contributed by atoms with Gasteiger partial charge in [-0.25, -0.2) is 0 Å². The molecule has 0 aromatic heterocycles.